The SMILES string of the molecule is CC1c2c(sc(C(N)=O)c2N)N=C2CC(C)(C)CC(=O)C21. The summed E-state index contributed by atoms with van der Waals surface area (Å²) in [6.07, 6.45) is 1.36. The van der Waals surface area contributed by atoms with Crippen LogP contribution in [0, 0.1) is 11.3 Å². The highest BCUT2D eigenvalue weighted by Crippen LogP contribution is 2.51. The summed E-state index contributed by atoms with van der Waals surface area (Å²) in [4.78, 5) is 29.0. The van der Waals surface area contributed by atoms with Gasteiger partial charge in [-0.3, -0.25) is 9.59 Å². The number of ketones is 1. The van der Waals surface area contributed by atoms with E-state index in [1.165, 1.54) is 11.3 Å². The van der Waals surface area contributed by atoms with Crippen molar-refractivity contribution in [2.75, 3.05) is 5.73 Å². The highest BCUT2D eigenvalue weighted by molar-refractivity contribution is 7.18. The molecule has 0 spiro atoms. The number of nitrogen functional groups attached to an aromatic ring is 1. The van der Waals surface area contributed by atoms with Crippen LogP contribution < -0.4 is 11.5 Å². The molecule has 1 aromatic heterocycles. The minimum atomic E-state index is -0.533. The Hall–Kier alpha value is -1.69. The highest BCUT2D eigenvalue weighted by Gasteiger charge is 2.45. The molecule has 21 heavy (non-hydrogen) atoms. The smallest absolute Gasteiger partial charge is 0.260 e. The normalized spacial score (nSPS) is 26.8. The number of nitrogens with two attached hydrogens (primary N) is 2. The molecule has 112 valence electrons. The molecule has 4 N–H and O–H groups in total. The van der Waals surface area contributed by atoms with E-state index in [0.29, 0.717) is 17.0 Å². The first kappa shape index (κ1) is 14.3. The van der Waals surface area contributed by atoms with Crippen LogP contribution in [0.2, 0.25) is 0 Å². The van der Waals surface area contributed by atoms with Crippen molar-refractivity contribution in [2.45, 2.75) is 39.5 Å². The molecule has 1 aliphatic carbocycles. The van der Waals surface area contributed by atoms with Crippen molar-refractivity contribution in [3.05, 3.63) is 10.4 Å². The fourth-order valence-corrected chi connectivity index (χ4v) is 4.64. The number of rotatable bonds is 1. The lowest BCUT2D eigenvalue weighted by Gasteiger charge is -2.39. The molecule has 2 heterocycles. The van der Waals surface area contributed by atoms with Crippen LogP contribution in [-0.4, -0.2) is 17.4 Å². The van der Waals surface area contributed by atoms with Crippen LogP contribution in [0.5, 0.6) is 0 Å². The number of carbonyl (C=O) groups excluding carboxylic acids is 2. The standard InChI is InChI=1S/C15H19N3O2S/c1-6-9-7(4-15(2,3)5-8(9)19)18-14-10(6)11(16)12(21-14)13(17)20/h6,9H,4-5,16H2,1-3H3,(H2,17,20). The first-order valence-corrected chi connectivity index (χ1v) is 7.85. The van der Waals surface area contributed by atoms with Gasteiger partial charge in [-0.05, 0) is 11.8 Å². The molecule has 2 atom stereocenters. The number of thiophene rings is 1. The molecule has 2 aliphatic rings. The number of anilines is 1. The Balaban J connectivity index is 2.15. The summed E-state index contributed by atoms with van der Waals surface area (Å²) in [6.45, 7) is 6.16. The van der Waals surface area contributed by atoms with Gasteiger partial charge in [0.25, 0.3) is 5.91 Å². The minimum Gasteiger partial charge on any atom is -0.397 e. The molecule has 1 aliphatic heterocycles. The van der Waals surface area contributed by atoms with E-state index in [0.717, 1.165) is 22.7 Å². The highest BCUT2D eigenvalue weighted by atomic mass is 32.1. The predicted octanol–water partition coefficient (Wildman–Crippen LogP) is 2.62. The van der Waals surface area contributed by atoms with Crippen LogP contribution in [0.4, 0.5) is 10.7 Å². The summed E-state index contributed by atoms with van der Waals surface area (Å²) < 4.78 is 0. The fraction of sp³-hybridized carbons (Fsp3) is 0.533. The topological polar surface area (TPSA) is 98.5 Å². The van der Waals surface area contributed by atoms with Gasteiger partial charge in [0.15, 0.2) is 0 Å². The lowest BCUT2D eigenvalue weighted by molar-refractivity contribution is -0.124. The Morgan fingerprint density at radius 2 is 2.05 bits per heavy atom. The number of hydrogen-bond acceptors (Lipinski definition) is 5. The Kier molecular flexibility index (Phi) is 2.99. The molecule has 3 rings (SSSR count). The third kappa shape index (κ3) is 2.09. The molecular weight excluding hydrogens is 286 g/mol. The van der Waals surface area contributed by atoms with Gasteiger partial charge in [0, 0.05) is 23.6 Å². The minimum absolute atomic E-state index is 0.0413. The van der Waals surface area contributed by atoms with Gasteiger partial charge in [0.2, 0.25) is 0 Å². The number of nitrogens with zero attached hydrogens (tertiary/aromatic N) is 1. The lowest BCUT2D eigenvalue weighted by Crippen LogP contribution is -2.41. The fourth-order valence-electron chi connectivity index (χ4n) is 3.55. The van der Waals surface area contributed by atoms with Crippen molar-refractivity contribution < 1.29 is 9.59 Å². The molecule has 1 aromatic rings. The van der Waals surface area contributed by atoms with Crippen LogP contribution in [-0.2, 0) is 4.79 Å². The Morgan fingerprint density at radius 1 is 1.38 bits per heavy atom. The van der Waals surface area contributed by atoms with Gasteiger partial charge >= 0.3 is 0 Å². The monoisotopic (exact) mass is 305 g/mol. The van der Waals surface area contributed by atoms with Gasteiger partial charge < -0.3 is 11.5 Å². The third-order valence-corrected chi connectivity index (χ3v) is 5.54. The lowest BCUT2D eigenvalue weighted by atomic mass is 9.66. The van der Waals surface area contributed by atoms with E-state index in [2.05, 4.69) is 18.8 Å². The Labute approximate surface area is 127 Å². The number of amides is 1. The molecular formula is C15H19N3O2S. The summed E-state index contributed by atoms with van der Waals surface area (Å²) >= 11 is 1.23. The second-order valence-corrected chi connectivity index (χ2v) is 7.78. The zero-order valence-electron chi connectivity index (χ0n) is 12.4. The quantitative estimate of drug-likeness (QED) is 0.834. The summed E-state index contributed by atoms with van der Waals surface area (Å²) in [7, 11) is 0. The Bertz CT molecular complexity index is 687. The van der Waals surface area contributed by atoms with Crippen molar-refractivity contribution in [2.24, 2.45) is 22.1 Å². The molecule has 6 heteroatoms. The van der Waals surface area contributed by atoms with Crippen molar-refractivity contribution in [3.63, 3.8) is 0 Å². The van der Waals surface area contributed by atoms with Crippen LogP contribution in [0.3, 0.4) is 0 Å². The molecule has 1 fully saturated rings. The molecule has 0 saturated heterocycles. The van der Waals surface area contributed by atoms with E-state index in [9.17, 15) is 9.59 Å². The number of aliphatic imine (C=N–C) groups is 1. The van der Waals surface area contributed by atoms with E-state index < -0.39 is 5.91 Å². The molecule has 1 amide bonds. The number of fused-ring (bicyclic) bond motifs is 2. The number of primary amides is 1. The summed E-state index contributed by atoms with van der Waals surface area (Å²) in [5, 5.41) is 0.741. The van der Waals surface area contributed by atoms with E-state index in [4.69, 9.17) is 11.5 Å². The van der Waals surface area contributed by atoms with Crippen molar-refractivity contribution >= 4 is 39.4 Å². The van der Waals surface area contributed by atoms with Crippen LogP contribution in [0.25, 0.3) is 0 Å². The second kappa shape index (κ2) is 4.40. The maximum Gasteiger partial charge on any atom is 0.260 e. The number of Topliss-reactive ketones (excluding diaryl/α,β-unsaturated/α-hetero) is 1. The van der Waals surface area contributed by atoms with Crippen LogP contribution in [0.1, 0.15) is 54.8 Å². The first-order valence-electron chi connectivity index (χ1n) is 7.03. The van der Waals surface area contributed by atoms with Crippen molar-refractivity contribution in [1.29, 1.82) is 0 Å². The average molecular weight is 305 g/mol. The number of hydrogen-bond donors (Lipinski definition) is 2. The third-order valence-electron chi connectivity index (χ3n) is 4.41. The number of carbonyl (C=O) groups is 2. The zero-order chi connectivity index (χ0) is 15.5. The van der Waals surface area contributed by atoms with Crippen LogP contribution >= 0.6 is 11.3 Å². The van der Waals surface area contributed by atoms with Crippen molar-refractivity contribution in [3.8, 4) is 0 Å². The summed E-state index contributed by atoms with van der Waals surface area (Å²) in [6, 6.07) is 0. The van der Waals surface area contributed by atoms with E-state index >= 15 is 0 Å². The average Bonchev–Trinajstić information content (AvgIpc) is 2.64. The van der Waals surface area contributed by atoms with Crippen LogP contribution in [0.15, 0.2) is 4.99 Å². The molecule has 0 bridgehead atoms. The van der Waals surface area contributed by atoms with Gasteiger partial charge in [-0.2, -0.15) is 0 Å². The summed E-state index contributed by atoms with van der Waals surface area (Å²) in [5.41, 5.74) is 13.5. The van der Waals surface area contributed by atoms with Gasteiger partial charge in [0.1, 0.15) is 15.7 Å². The van der Waals surface area contributed by atoms with Gasteiger partial charge in [-0.1, -0.05) is 20.8 Å². The van der Waals surface area contributed by atoms with E-state index in [1.807, 2.05) is 6.92 Å². The van der Waals surface area contributed by atoms with Gasteiger partial charge in [-0.25, -0.2) is 4.99 Å². The second-order valence-electron chi connectivity index (χ2n) is 6.78. The van der Waals surface area contributed by atoms with E-state index in [-0.39, 0.29) is 23.0 Å². The first-order chi connectivity index (χ1) is 9.71. The van der Waals surface area contributed by atoms with Gasteiger partial charge in [-0.15, -0.1) is 11.3 Å². The maximum atomic E-state index is 12.5. The predicted molar refractivity (Wildman–Crippen MR) is 84.3 cm³/mol. The summed E-state index contributed by atoms with van der Waals surface area (Å²) in [5.74, 6) is -0.563. The molecule has 2 unspecified atom stereocenters. The van der Waals surface area contributed by atoms with E-state index in [1.54, 1.807) is 0 Å². The largest absolute Gasteiger partial charge is 0.397 e. The maximum absolute atomic E-state index is 12.5. The molecule has 1 saturated carbocycles. The Morgan fingerprint density at radius 3 is 2.67 bits per heavy atom. The van der Waals surface area contributed by atoms with Crippen molar-refractivity contribution in [1.82, 2.24) is 0 Å². The van der Waals surface area contributed by atoms with Gasteiger partial charge in [0.05, 0.1) is 11.6 Å². The zero-order valence-corrected chi connectivity index (χ0v) is 13.2. The molecule has 5 nitrogen and oxygen atoms in total. The molecule has 0 aromatic carbocycles. The molecule has 0 radical (unpaired) electrons.